The molecule has 146 valence electrons. The normalized spacial score (nSPS) is 11.0. The summed E-state index contributed by atoms with van der Waals surface area (Å²) in [5, 5.41) is 8.84. The van der Waals surface area contributed by atoms with Crippen molar-refractivity contribution >= 4 is 45.7 Å². The SMILES string of the molecule is CCn1cc(-c2cc(C(=O)Nc3c(Cl)cccc3Cl)c3ccccc3n2)c(C)n1. The topological polar surface area (TPSA) is 59.8 Å². The molecule has 0 aliphatic heterocycles. The van der Waals surface area contributed by atoms with Gasteiger partial charge >= 0.3 is 0 Å². The largest absolute Gasteiger partial charge is 0.319 e. The maximum absolute atomic E-state index is 13.2. The van der Waals surface area contributed by atoms with Crippen LogP contribution in [0.1, 0.15) is 23.0 Å². The Labute approximate surface area is 178 Å². The molecule has 0 spiro atoms. The zero-order valence-electron chi connectivity index (χ0n) is 15.9. The summed E-state index contributed by atoms with van der Waals surface area (Å²) in [6.45, 7) is 4.71. The Morgan fingerprint density at radius 1 is 1.10 bits per heavy atom. The average molecular weight is 425 g/mol. The molecule has 1 N–H and O–H groups in total. The second-order valence-corrected chi connectivity index (χ2v) is 7.42. The van der Waals surface area contributed by atoms with E-state index in [4.69, 9.17) is 28.2 Å². The maximum atomic E-state index is 13.2. The van der Waals surface area contributed by atoms with E-state index in [2.05, 4.69) is 10.4 Å². The first-order valence-electron chi connectivity index (χ1n) is 9.17. The summed E-state index contributed by atoms with van der Waals surface area (Å²) in [5.74, 6) is -0.305. The van der Waals surface area contributed by atoms with Crippen LogP contribution in [0.3, 0.4) is 0 Å². The van der Waals surface area contributed by atoms with Gasteiger partial charge in [0.2, 0.25) is 0 Å². The summed E-state index contributed by atoms with van der Waals surface area (Å²) < 4.78 is 1.85. The molecule has 4 rings (SSSR count). The van der Waals surface area contributed by atoms with Crippen molar-refractivity contribution in [2.45, 2.75) is 20.4 Å². The van der Waals surface area contributed by atoms with Crippen molar-refractivity contribution in [3.8, 4) is 11.3 Å². The van der Waals surface area contributed by atoms with Gasteiger partial charge in [-0.15, -0.1) is 0 Å². The molecule has 2 heterocycles. The number of rotatable bonds is 4. The van der Waals surface area contributed by atoms with E-state index < -0.39 is 0 Å². The Hall–Kier alpha value is -2.89. The molecule has 4 aromatic rings. The van der Waals surface area contributed by atoms with Gasteiger partial charge in [0.15, 0.2) is 0 Å². The smallest absolute Gasteiger partial charge is 0.256 e. The van der Waals surface area contributed by atoms with Gasteiger partial charge < -0.3 is 5.32 Å². The summed E-state index contributed by atoms with van der Waals surface area (Å²) in [5.41, 5.74) is 4.04. The Morgan fingerprint density at radius 2 is 1.83 bits per heavy atom. The van der Waals surface area contributed by atoms with Crippen molar-refractivity contribution < 1.29 is 4.79 Å². The van der Waals surface area contributed by atoms with Crippen LogP contribution in [0.5, 0.6) is 0 Å². The number of hydrogen-bond acceptors (Lipinski definition) is 3. The van der Waals surface area contributed by atoms with Gasteiger partial charge in [0.25, 0.3) is 5.91 Å². The molecule has 2 aromatic carbocycles. The second-order valence-electron chi connectivity index (χ2n) is 6.61. The molecule has 0 fully saturated rings. The van der Waals surface area contributed by atoms with E-state index in [9.17, 15) is 4.79 Å². The van der Waals surface area contributed by atoms with Gasteiger partial charge in [-0.1, -0.05) is 47.5 Å². The van der Waals surface area contributed by atoms with Crippen molar-refractivity contribution in [1.82, 2.24) is 14.8 Å². The first kappa shape index (κ1) is 19.4. The summed E-state index contributed by atoms with van der Waals surface area (Å²) in [7, 11) is 0. The Balaban J connectivity index is 1.84. The lowest BCUT2D eigenvalue weighted by molar-refractivity contribution is 0.102. The van der Waals surface area contributed by atoms with Gasteiger partial charge in [0, 0.05) is 23.7 Å². The maximum Gasteiger partial charge on any atom is 0.256 e. The molecule has 0 aliphatic rings. The highest BCUT2D eigenvalue weighted by molar-refractivity contribution is 6.40. The van der Waals surface area contributed by atoms with Crippen molar-refractivity contribution in [3.05, 3.63) is 76.0 Å². The van der Waals surface area contributed by atoms with Gasteiger partial charge in [-0.2, -0.15) is 5.10 Å². The van der Waals surface area contributed by atoms with Gasteiger partial charge in [0.05, 0.1) is 38.2 Å². The molecular formula is C22H18Cl2N4O. The number of fused-ring (bicyclic) bond motifs is 1. The number of aromatic nitrogens is 3. The molecule has 0 atom stereocenters. The first-order valence-corrected chi connectivity index (χ1v) is 9.93. The van der Waals surface area contributed by atoms with E-state index in [0.717, 1.165) is 28.7 Å². The van der Waals surface area contributed by atoms with E-state index in [1.165, 1.54) is 0 Å². The Bertz CT molecular complexity index is 1210. The zero-order valence-corrected chi connectivity index (χ0v) is 17.4. The van der Waals surface area contributed by atoms with Gasteiger partial charge in [-0.05, 0) is 38.1 Å². The third-order valence-corrected chi connectivity index (χ3v) is 5.34. The lowest BCUT2D eigenvalue weighted by Gasteiger charge is -2.12. The van der Waals surface area contributed by atoms with Crippen LogP contribution in [0.25, 0.3) is 22.2 Å². The first-order chi connectivity index (χ1) is 14.0. The van der Waals surface area contributed by atoms with E-state index in [0.29, 0.717) is 27.0 Å². The third kappa shape index (κ3) is 3.71. The molecule has 0 bridgehead atoms. The highest BCUT2D eigenvalue weighted by Gasteiger charge is 2.18. The van der Waals surface area contributed by atoms with Crippen LogP contribution >= 0.6 is 23.2 Å². The number of nitrogens with one attached hydrogen (secondary N) is 1. The van der Waals surface area contributed by atoms with Crippen molar-refractivity contribution in [3.63, 3.8) is 0 Å². The molecule has 2 aromatic heterocycles. The number of para-hydroxylation sites is 2. The van der Waals surface area contributed by atoms with Crippen LogP contribution in [-0.2, 0) is 6.54 Å². The predicted molar refractivity (Wildman–Crippen MR) is 118 cm³/mol. The highest BCUT2D eigenvalue weighted by atomic mass is 35.5. The molecule has 5 nitrogen and oxygen atoms in total. The number of anilines is 1. The van der Waals surface area contributed by atoms with Crippen molar-refractivity contribution in [2.24, 2.45) is 0 Å². The van der Waals surface area contributed by atoms with Crippen molar-refractivity contribution in [2.75, 3.05) is 5.32 Å². The molecule has 7 heteroatoms. The zero-order chi connectivity index (χ0) is 20.5. The molecular weight excluding hydrogens is 407 g/mol. The Kier molecular flexibility index (Phi) is 5.26. The van der Waals surface area contributed by atoms with E-state index in [1.807, 2.05) is 49.0 Å². The number of amides is 1. The lowest BCUT2D eigenvalue weighted by Crippen LogP contribution is -2.14. The average Bonchev–Trinajstić information content (AvgIpc) is 3.10. The van der Waals surface area contributed by atoms with Crippen LogP contribution in [0.4, 0.5) is 5.69 Å². The summed E-state index contributed by atoms with van der Waals surface area (Å²) in [4.78, 5) is 17.9. The number of aryl methyl sites for hydroxylation is 2. The minimum absolute atomic E-state index is 0.305. The van der Waals surface area contributed by atoms with Gasteiger partial charge in [-0.3, -0.25) is 9.48 Å². The lowest BCUT2D eigenvalue weighted by atomic mass is 10.0. The number of pyridine rings is 1. The number of hydrogen-bond donors (Lipinski definition) is 1. The van der Waals surface area contributed by atoms with Crippen LogP contribution in [0.2, 0.25) is 10.0 Å². The standard InChI is InChI=1S/C22H18Cl2N4O/c1-3-28-12-16(13(2)27-28)20-11-15(14-7-4-5-10-19(14)25-20)22(29)26-21-17(23)8-6-9-18(21)24/h4-12H,3H2,1-2H3,(H,26,29). The number of halogens is 2. The monoisotopic (exact) mass is 424 g/mol. The van der Waals surface area contributed by atoms with Gasteiger partial charge in [0.1, 0.15) is 0 Å². The number of carbonyl (C=O) groups excluding carboxylic acids is 1. The molecule has 0 saturated carbocycles. The van der Waals surface area contributed by atoms with E-state index in [-0.39, 0.29) is 5.91 Å². The molecule has 0 saturated heterocycles. The Morgan fingerprint density at radius 3 is 2.52 bits per heavy atom. The second kappa shape index (κ2) is 7.85. The summed E-state index contributed by atoms with van der Waals surface area (Å²) >= 11 is 12.4. The third-order valence-electron chi connectivity index (χ3n) is 4.71. The molecule has 29 heavy (non-hydrogen) atoms. The van der Waals surface area contributed by atoms with Gasteiger partial charge in [-0.25, -0.2) is 4.98 Å². The number of nitrogens with zero attached hydrogens (tertiary/aromatic N) is 3. The molecule has 0 radical (unpaired) electrons. The highest BCUT2D eigenvalue weighted by Crippen LogP contribution is 2.32. The van der Waals surface area contributed by atoms with Crippen molar-refractivity contribution in [1.29, 1.82) is 0 Å². The number of carbonyl (C=O) groups is 1. The fourth-order valence-electron chi connectivity index (χ4n) is 3.23. The van der Waals surface area contributed by atoms with E-state index in [1.54, 1.807) is 24.3 Å². The van der Waals surface area contributed by atoms with Crippen LogP contribution in [0, 0.1) is 6.92 Å². The minimum atomic E-state index is -0.305. The van der Waals surface area contributed by atoms with E-state index >= 15 is 0 Å². The minimum Gasteiger partial charge on any atom is -0.319 e. The molecule has 1 amide bonds. The quantitative estimate of drug-likeness (QED) is 0.437. The predicted octanol–water partition coefficient (Wildman–Crippen LogP) is 5.99. The summed E-state index contributed by atoms with van der Waals surface area (Å²) in [6, 6.07) is 14.4. The fraction of sp³-hybridized carbons (Fsp3) is 0.136. The summed E-state index contributed by atoms with van der Waals surface area (Å²) in [6.07, 6.45) is 1.94. The molecule has 0 aliphatic carbocycles. The number of benzene rings is 2. The van der Waals surface area contributed by atoms with Crippen LogP contribution in [-0.4, -0.2) is 20.7 Å². The van der Waals surface area contributed by atoms with Crippen LogP contribution < -0.4 is 5.32 Å². The van der Waals surface area contributed by atoms with Crippen LogP contribution in [0.15, 0.2) is 54.7 Å². The molecule has 0 unspecified atom stereocenters. The fourth-order valence-corrected chi connectivity index (χ4v) is 3.72.